The van der Waals surface area contributed by atoms with Gasteiger partial charge in [-0.25, -0.2) is 9.59 Å². The van der Waals surface area contributed by atoms with E-state index in [-0.39, 0.29) is 41.9 Å². The molecule has 5 atom stereocenters. The van der Waals surface area contributed by atoms with Crippen LogP contribution in [0.5, 0.6) is 0 Å². The van der Waals surface area contributed by atoms with Crippen molar-refractivity contribution in [3.8, 4) is 0 Å². The van der Waals surface area contributed by atoms with E-state index < -0.39 is 0 Å². The molecule has 0 N–H and O–H groups in total. The molecule has 2 aliphatic carbocycles. The molecule has 128 valence electrons. The van der Waals surface area contributed by atoms with Gasteiger partial charge in [0.2, 0.25) is 0 Å². The highest BCUT2D eigenvalue weighted by Crippen LogP contribution is 2.52. The Labute approximate surface area is 142 Å². The molecule has 1 heterocycles. The molecular weight excluding hydrogens is 304 g/mol. The second-order valence-electron chi connectivity index (χ2n) is 7.29. The van der Waals surface area contributed by atoms with Gasteiger partial charge in [-0.1, -0.05) is 30.9 Å². The van der Waals surface area contributed by atoms with E-state index in [4.69, 9.17) is 9.47 Å². The molecule has 0 aromatic heterocycles. The zero-order valence-corrected chi connectivity index (χ0v) is 14.3. The monoisotopic (exact) mass is 328 g/mol. The van der Waals surface area contributed by atoms with Gasteiger partial charge in [-0.05, 0) is 44.6 Å². The summed E-state index contributed by atoms with van der Waals surface area (Å²) in [6.07, 6.45) is 3.20. The molecule has 2 saturated carbocycles. The SMILES string of the molecule is C=C1[C@@H]2[C@H]3OC(=O)C(=C)[C@@H]3CCC(=C)[C@H]2C[C@@H]1OC(=O)C=C(C)C. The van der Waals surface area contributed by atoms with Gasteiger partial charge in [0.05, 0.1) is 0 Å². The zero-order chi connectivity index (χ0) is 17.6. The molecule has 1 saturated heterocycles. The van der Waals surface area contributed by atoms with E-state index >= 15 is 0 Å². The molecule has 0 aromatic rings. The fraction of sp³-hybridized carbons (Fsp3) is 0.500. The van der Waals surface area contributed by atoms with Crippen molar-refractivity contribution >= 4 is 11.9 Å². The van der Waals surface area contributed by atoms with Gasteiger partial charge in [-0.3, -0.25) is 0 Å². The van der Waals surface area contributed by atoms with Crippen LogP contribution in [0.25, 0.3) is 0 Å². The third kappa shape index (κ3) is 2.74. The summed E-state index contributed by atoms with van der Waals surface area (Å²) in [5.74, 6) is -0.566. The largest absolute Gasteiger partial charge is 0.458 e. The minimum Gasteiger partial charge on any atom is -0.458 e. The minimum absolute atomic E-state index is 0.00762. The van der Waals surface area contributed by atoms with Crippen molar-refractivity contribution in [3.05, 3.63) is 48.1 Å². The molecule has 0 bridgehead atoms. The first-order chi connectivity index (χ1) is 11.3. The predicted molar refractivity (Wildman–Crippen MR) is 90.9 cm³/mol. The van der Waals surface area contributed by atoms with Gasteiger partial charge in [0.15, 0.2) is 0 Å². The molecule has 4 nitrogen and oxygen atoms in total. The number of ether oxygens (including phenoxy) is 2. The van der Waals surface area contributed by atoms with Gasteiger partial charge in [0, 0.05) is 23.5 Å². The summed E-state index contributed by atoms with van der Waals surface area (Å²) in [6, 6.07) is 0. The van der Waals surface area contributed by atoms with E-state index in [9.17, 15) is 9.59 Å². The van der Waals surface area contributed by atoms with Gasteiger partial charge in [0.1, 0.15) is 12.2 Å². The Hall–Kier alpha value is -2.10. The minimum atomic E-state index is -0.355. The van der Waals surface area contributed by atoms with Crippen molar-refractivity contribution in [3.63, 3.8) is 0 Å². The molecule has 0 unspecified atom stereocenters. The lowest BCUT2D eigenvalue weighted by atomic mass is 9.82. The fourth-order valence-corrected chi connectivity index (χ4v) is 4.22. The topological polar surface area (TPSA) is 52.6 Å². The lowest BCUT2D eigenvalue weighted by Crippen LogP contribution is -2.29. The molecule has 0 spiro atoms. The molecule has 3 aliphatic rings. The van der Waals surface area contributed by atoms with E-state index in [1.54, 1.807) is 0 Å². The third-order valence-corrected chi connectivity index (χ3v) is 5.41. The van der Waals surface area contributed by atoms with E-state index in [1.165, 1.54) is 6.08 Å². The average Bonchev–Trinajstić information content (AvgIpc) is 2.89. The van der Waals surface area contributed by atoms with E-state index in [0.717, 1.165) is 29.6 Å². The number of esters is 2. The van der Waals surface area contributed by atoms with Crippen molar-refractivity contribution in [2.24, 2.45) is 17.8 Å². The highest BCUT2D eigenvalue weighted by Gasteiger charge is 2.53. The maximum absolute atomic E-state index is 12.0. The number of hydrogen-bond donors (Lipinski definition) is 0. The number of carbonyl (C=O) groups excluding carboxylic acids is 2. The van der Waals surface area contributed by atoms with E-state index in [2.05, 4.69) is 19.7 Å². The van der Waals surface area contributed by atoms with E-state index in [1.807, 2.05) is 13.8 Å². The standard InChI is InChI=1S/C20H24O4/c1-10(2)8-17(21)23-16-9-15-11(3)6-7-14-12(4)20(22)24-19(14)18(15)13(16)5/h8,14-16,18-19H,3-7,9H2,1-2H3/t14-,15+,16-,18-,19-/m0/s1. The van der Waals surface area contributed by atoms with Gasteiger partial charge in [0.25, 0.3) is 0 Å². The van der Waals surface area contributed by atoms with Crippen LogP contribution < -0.4 is 0 Å². The molecule has 24 heavy (non-hydrogen) atoms. The van der Waals surface area contributed by atoms with Crippen molar-refractivity contribution < 1.29 is 19.1 Å². The number of allylic oxidation sites excluding steroid dienone is 2. The van der Waals surface area contributed by atoms with Crippen molar-refractivity contribution in [2.45, 2.75) is 45.3 Å². The quantitative estimate of drug-likeness (QED) is 0.442. The fourth-order valence-electron chi connectivity index (χ4n) is 4.22. The molecule has 1 aliphatic heterocycles. The van der Waals surface area contributed by atoms with Crippen molar-refractivity contribution in [2.75, 3.05) is 0 Å². The van der Waals surface area contributed by atoms with Crippen LogP contribution in [0.1, 0.15) is 33.1 Å². The smallest absolute Gasteiger partial charge is 0.334 e. The maximum atomic E-state index is 12.0. The molecule has 3 fully saturated rings. The lowest BCUT2D eigenvalue weighted by molar-refractivity contribution is -0.142. The van der Waals surface area contributed by atoms with Gasteiger partial charge >= 0.3 is 11.9 Å². The summed E-state index contributed by atoms with van der Waals surface area (Å²) in [5.41, 5.74) is 3.39. The highest BCUT2D eigenvalue weighted by molar-refractivity contribution is 5.91. The average molecular weight is 328 g/mol. The predicted octanol–water partition coefficient (Wildman–Crippen LogP) is 3.50. The Bertz CT molecular complexity index is 665. The van der Waals surface area contributed by atoms with Crippen LogP contribution in [-0.2, 0) is 19.1 Å². The molecular formula is C20H24O4. The van der Waals surface area contributed by atoms with Crippen LogP contribution in [0.3, 0.4) is 0 Å². The third-order valence-electron chi connectivity index (χ3n) is 5.41. The summed E-state index contributed by atoms with van der Waals surface area (Å²) in [5, 5.41) is 0. The molecule has 0 radical (unpaired) electrons. The second kappa shape index (κ2) is 6.08. The first-order valence-electron chi connectivity index (χ1n) is 8.41. The van der Waals surface area contributed by atoms with Crippen molar-refractivity contribution in [1.29, 1.82) is 0 Å². The van der Waals surface area contributed by atoms with Crippen molar-refractivity contribution in [1.82, 2.24) is 0 Å². The summed E-state index contributed by atoms with van der Waals surface area (Å²) in [6.45, 7) is 16.0. The number of hydrogen-bond acceptors (Lipinski definition) is 4. The zero-order valence-electron chi connectivity index (χ0n) is 14.3. The molecule has 3 rings (SSSR count). The first kappa shape index (κ1) is 16.7. The Kier molecular flexibility index (Phi) is 4.24. The van der Waals surface area contributed by atoms with Crippen LogP contribution in [0.4, 0.5) is 0 Å². The molecule has 0 amide bonds. The summed E-state index contributed by atoms with van der Waals surface area (Å²) in [7, 11) is 0. The van der Waals surface area contributed by atoms with E-state index in [0.29, 0.717) is 12.0 Å². The highest BCUT2D eigenvalue weighted by atomic mass is 16.6. The molecule has 4 heteroatoms. The van der Waals surface area contributed by atoms with Crippen LogP contribution in [-0.4, -0.2) is 24.1 Å². The second-order valence-corrected chi connectivity index (χ2v) is 7.29. The van der Waals surface area contributed by atoms with Crippen LogP contribution in [0.2, 0.25) is 0 Å². The number of rotatable bonds is 2. The Morgan fingerprint density at radius 1 is 1.25 bits per heavy atom. The Morgan fingerprint density at radius 3 is 2.62 bits per heavy atom. The normalized spacial score (nSPS) is 35.0. The van der Waals surface area contributed by atoms with Gasteiger partial charge < -0.3 is 9.47 Å². The van der Waals surface area contributed by atoms with Gasteiger partial charge in [-0.15, -0.1) is 0 Å². The van der Waals surface area contributed by atoms with Crippen LogP contribution in [0.15, 0.2) is 48.1 Å². The summed E-state index contributed by atoms with van der Waals surface area (Å²) >= 11 is 0. The molecule has 0 aromatic carbocycles. The summed E-state index contributed by atoms with van der Waals surface area (Å²) in [4.78, 5) is 23.9. The van der Waals surface area contributed by atoms with Crippen LogP contribution in [0, 0.1) is 17.8 Å². The summed E-state index contributed by atoms with van der Waals surface area (Å²) < 4.78 is 11.2. The van der Waals surface area contributed by atoms with Crippen LogP contribution >= 0.6 is 0 Å². The first-order valence-corrected chi connectivity index (χ1v) is 8.41. The van der Waals surface area contributed by atoms with Gasteiger partial charge in [-0.2, -0.15) is 0 Å². The maximum Gasteiger partial charge on any atom is 0.334 e. The number of fused-ring (bicyclic) bond motifs is 3. The Balaban J connectivity index is 1.85. The Morgan fingerprint density at radius 2 is 1.96 bits per heavy atom. The lowest BCUT2D eigenvalue weighted by Gasteiger charge is -2.26. The number of carbonyl (C=O) groups is 2.